The number of hydrogen-bond acceptors (Lipinski definition) is 6. The van der Waals surface area contributed by atoms with E-state index in [1.807, 2.05) is 6.92 Å². The summed E-state index contributed by atoms with van der Waals surface area (Å²) >= 11 is 3.33. The van der Waals surface area contributed by atoms with Crippen LogP contribution in [0.25, 0.3) is 0 Å². The first-order valence-electron chi connectivity index (χ1n) is 7.22. The summed E-state index contributed by atoms with van der Waals surface area (Å²) in [5.74, 6) is -0.449. The Morgan fingerprint density at radius 1 is 1.00 bits per heavy atom. The predicted molar refractivity (Wildman–Crippen MR) is 86.3 cm³/mol. The Morgan fingerprint density at radius 2 is 1.61 bits per heavy atom. The van der Waals surface area contributed by atoms with E-state index < -0.39 is 30.6 Å². The van der Waals surface area contributed by atoms with Gasteiger partial charge in [-0.25, -0.2) is 4.79 Å². The van der Waals surface area contributed by atoms with Crippen molar-refractivity contribution in [3.05, 3.63) is 34.3 Å². The van der Waals surface area contributed by atoms with E-state index in [2.05, 4.69) is 15.9 Å². The van der Waals surface area contributed by atoms with Gasteiger partial charge in [0.15, 0.2) is 12.4 Å². The van der Waals surface area contributed by atoms with E-state index >= 15 is 0 Å². The highest BCUT2D eigenvalue weighted by molar-refractivity contribution is 9.10. The van der Waals surface area contributed by atoms with Crippen LogP contribution in [0.5, 0.6) is 0 Å². The molecule has 2 rings (SSSR count). The summed E-state index contributed by atoms with van der Waals surface area (Å²) in [6.45, 7) is 1.84. The molecule has 5 atom stereocenters. The molecule has 0 aromatic heterocycles. The molecule has 1 saturated heterocycles. The van der Waals surface area contributed by atoms with E-state index in [4.69, 9.17) is 23.7 Å². The molecule has 0 radical (unpaired) electrons. The van der Waals surface area contributed by atoms with E-state index in [-0.39, 0.29) is 6.10 Å². The van der Waals surface area contributed by atoms with Crippen molar-refractivity contribution >= 4 is 21.9 Å². The van der Waals surface area contributed by atoms with Gasteiger partial charge in [0.1, 0.15) is 12.2 Å². The molecular formula is C16H21BrO6. The van der Waals surface area contributed by atoms with E-state index in [0.29, 0.717) is 5.56 Å². The van der Waals surface area contributed by atoms with E-state index in [1.54, 1.807) is 31.4 Å². The quantitative estimate of drug-likeness (QED) is 0.721. The number of esters is 1. The topological polar surface area (TPSA) is 63.2 Å². The van der Waals surface area contributed by atoms with Crippen LogP contribution in [0.4, 0.5) is 0 Å². The predicted octanol–water partition coefficient (Wildman–Crippen LogP) is 2.40. The highest BCUT2D eigenvalue weighted by Gasteiger charge is 2.47. The number of carbonyl (C=O) groups is 1. The molecule has 0 unspecified atom stereocenters. The molecule has 0 saturated carbocycles. The number of benzene rings is 1. The highest BCUT2D eigenvalue weighted by atomic mass is 79.9. The Labute approximate surface area is 144 Å². The molecule has 23 heavy (non-hydrogen) atoms. The van der Waals surface area contributed by atoms with Crippen LogP contribution in [0.1, 0.15) is 17.3 Å². The molecule has 6 nitrogen and oxygen atoms in total. The van der Waals surface area contributed by atoms with Crippen molar-refractivity contribution in [3.63, 3.8) is 0 Å². The number of rotatable bonds is 5. The molecule has 1 heterocycles. The lowest BCUT2D eigenvalue weighted by atomic mass is 9.99. The third-order valence-electron chi connectivity index (χ3n) is 3.83. The Bertz CT molecular complexity index is 520. The van der Waals surface area contributed by atoms with Crippen LogP contribution in [-0.2, 0) is 23.7 Å². The minimum absolute atomic E-state index is 0.306. The van der Waals surface area contributed by atoms with Crippen molar-refractivity contribution in [2.45, 2.75) is 37.6 Å². The monoisotopic (exact) mass is 388 g/mol. The first-order valence-corrected chi connectivity index (χ1v) is 8.01. The summed E-state index contributed by atoms with van der Waals surface area (Å²) in [4.78, 5) is 12.4. The minimum atomic E-state index is -0.644. The summed E-state index contributed by atoms with van der Waals surface area (Å²) in [5.41, 5.74) is 0.450. The molecule has 1 aromatic rings. The van der Waals surface area contributed by atoms with E-state index in [9.17, 15) is 4.79 Å². The standard InChI is InChI=1S/C16H21BrO6/c1-9-12(19-2)13(14(20-3)16(21-4)22-9)23-15(18)10-5-7-11(17)8-6-10/h5-9,12-14,16H,1-4H3/t9-,12-,13+,14+,16+/m0/s1. The molecule has 0 spiro atoms. The van der Waals surface area contributed by atoms with E-state index in [1.165, 1.54) is 14.2 Å². The molecule has 0 aliphatic carbocycles. The normalized spacial score (nSPS) is 30.9. The fourth-order valence-corrected chi connectivity index (χ4v) is 2.91. The van der Waals surface area contributed by atoms with Crippen LogP contribution >= 0.6 is 15.9 Å². The molecule has 1 aromatic carbocycles. The van der Waals surface area contributed by atoms with Crippen LogP contribution in [0.15, 0.2) is 28.7 Å². The second-order valence-electron chi connectivity index (χ2n) is 5.22. The fraction of sp³-hybridized carbons (Fsp3) is 0.562. The smallest absolute Gasteiger partial charge is 0.338 e. The van der Waals surface area contributed by atoms with Crippen molar-refractivity contribution in [2.75, 3.05) is 21.3 Å². The van der Waals surface area contributed by atoms with Gasteiger partial charge in [0.2, 0.25) is 0 Å². The molecule has 0 bridgehead atoms. The van der Waals surface area contributed by atoms with Gasteiger partial charge in [0.25, 0.3) is 0 Å². The highest BCUT2D eigenvalue weighted by Crippen LogP contribution is 2.28. The Balaban J connectivity index is 2.20. The first kappa shape index (κ1) is 18.4. The van der Waals surface area contributed by atoms with Crippen LogP contribution in [0, 0.1) is 0 Å². The summed E-state index contributed by atoms with van der Waals surface area (Å²) in [7, 11) is 4.58. The van der Waals surface area contributed by atoms with Crippen LogP contribution in [0.3, 0.4) is 0 Å². The Hall–Kier alpha value is -0.990. The van der Waals surface area contributed by atoms with Gasteiger partial charge in [-0.1, -0.05) is 15.9 Å². The van der Waals surface area contributed by atoms with E-state index in [0.717, 1.165) is 4.47 Å². The average Bonchev–Trinajstić information content (AvgIpc) is 2.55. The molecule has 128 valence electrons. The Kier molecular flexibility index (Phi) is 6.55. The van der Waals surface area contributed by atoms with Gasteiger partial charge < -0.3 is 23.7 Å². The second-order valence-corrected chi connectivity index (χ2v) is 6.14. The lowest BCUT2D eigenvalue weighted by Gasteiger charge is -2.43. The molecule has 0 N–H and O–H groups in total. The number of ether oxygens (including phenoxy) is 5. The van der Waals surface area contributed by atoms with Gasteiger partial charge in [0, 0.05) is 25.8 Å². The maximum absolute atomic E-state index is 12.4. The largest absolute Gasteiger partial charge is 0.453 e. The van der Waals surface area contributed by atoms with Gasteiger partial charge in [0.05, 0.1) is 11.7 Å². The van der Waals surface area contributed by atoms with Crippen molar-refractivity contribution < 1.29 is 28.5 Å². The third kappa shape index (κ3) is 4.10. The second kappa shape index (κ2) is 8.21. The van der Waals surface area contributed by atoms with Gasteiger partial charge in [-0.3, -0.25) is 0 Å². The number of hydrogen-bond donors (Lipinski definition) is 0. The maximum atomic E-state index is 12.4. The number of carbonyl (C=O) groups excluding carboxylic acids is 1. The molecule has 1 fully saturated rings. The molecule has 0 amide bonds. The lowest BCUT2D eigenvalue weighted by molar-refractivity contribution is -0.294. The van der Waals surface area contributed by atoms with Gasteiger partial charge >= 0.3 is 5.97 Å². The Morgan fingerprint density at radius 3 is 2.13 bits per heavy atom. The molecule has 1 aliphatic heterocycles. The van der Waals surface area contributed by atoms with Gasteiger partial charge in [-0.05, 0) is 31.2 Å². The summed E-state index contributed by atoms with van der Waals surface area (Å²) in [6, 6.07) is 6.94. The third-order valence-corrected chi connectivity index (χ3v) is 4.36. The van der Waals surface area contributed by atoms with Crippen molar-refractivity contribution in [2.24, 2.45) is 0 Å². The molecular weight excluding hydrogens is 368 g/mol. The van der Waals surface area contributed by atoms with Crippen molar-refractivity contribution in [1.82, 2.24) is 0 Å². The van der Waals surface area contributed by atoms with Crippen LogP contribution in [-0.4, -0.2) is 58.0 Å². The number of methoxy groups -OCH3 is 3. The van der Waals surface area contributed by atoms with Crippen LogP contribution in [0.2, 0.25) is 0 Å². The SMILES string of the molecule is CO[C@@H]1O[C@@H](C)[C@H](OC)[C@@H](OC(=O)c2ccc(Br)cc2)[C@H]1OC. The first-order chi connectivity index (χ1) is 11.0. The fourth-order valence-electron chi connectivity index (χ4n) is 2.65. The molecule has 7 heteroatoms. The van der Waals surface area contributed by atoms with Gasteiger partial charge in [-0.15, -0.1) is 0 Å². The molecule has 1 aliphatic rings. The average molecular weight is 389 g/mol. The zero-order valence-electron chi connectivity index (χ0n) is 13.5. The van der Waals surface area contributed by atoms with Crippen molar-refractivity contribution in [1.29, 1.82) is 0 Å². The minimum Gasteiger partial charge on any atom is -0.453 e. The number of halogens is 1. The van der Waals surface area contributed by atoms with Crippen LogP contribution < -0.4 is 0 Å². The zero-order valence-corrected chi connectivity index (χ0v) is 15.1. The van der Waals surface area contributed by atoms with Gasteiger partial charge in [-0.2, -0.15) is 0 Å². The van der Waals surface area contributed by atoms with Crippen molar-refractivity contribution in [3.8, 4) is 0 Å². The summed E-state index contributed by atoms with van der Waals surface area (Å²) in [6.07, 6.45) is -2.62. The summed E-state index contributed by atoms with van der Waals surface area (Å²) in [5, 5.41) is 0. The maximum Gasteiger partial charge on any atom is 0.338 e. The zero-order chi connectivity index (χ0) is 17.0. The lowest BCUT2D eigenvalue weighted by Crippen LogP contribution is -2.59. The summed E-state index contributed by atoms with van der Waals surface area (Å²) < 4.78 is 28.4.